The normalized spacial score (nSPS) is 16.3. The lowest BCUT2D eigenvalue weighted by molar-refractivity contribution is 0.00326. The average Bonchev–Trinajstić information content (AvgIpc) is 3.40. The maximum Gasteiger partial charge on any atom is 0.278 e. The van der Waals surface area contributed by atoms with Crippen LogP contribution in [0.25, 0.3) is 23.0 Å². The Hall–Kier alpha value is -3.32. The fraction of sp³-hybridized carbons (Fsp3) is 0.292. The van der Waals surface area contributed by atoms with Gasteiger partial charge in [0.05, 0.1) is 25.2 Å². The number of ether oxygens (including phenoxy) is 1. The zero-order valence-electron chi connectivity index (χ0n) is 17.7. The third kappa shape index (κ3) is 3.77. The highest BCUT2D eigenvalue weighted by Gasteiger charge is 2.26. The van der Waals surface area contributed by atoms with Gasteiger partial charge in [0.2, 0.25) is 5.82 Å². The number of hydrogen-bond donors (Lipinski definition) is 0. The molecule has 0 unspecified atom stereocenters. The molecule has 158 valence electrons. The van der Waals surface area contributed by atoms with Crippen LogP contribution in [0.5, 0.6) is 0 Å². The monoisotopic (exact) mass is 418 g/mol. The van der Waals surface area contributed by atoms with Crippen LogP contribution in [0.15, 0.2) is 59.4 Å². The van der Waals surface area contributed by atoms with Crippen LogP contribution in [0.4, 0.5) is 4.39 Å². The van der Waals surface area contributed by atoms with Crippen LogP contribution < -0.4 is 0 Å². The lowest BCUT2D eigenvalue weighted by Crippen LogP contribution is -2.20. The van der Waals surface area contributed by atoms with Crippen molar-refractivity contribution >= 4 is 0 Å². The second kappa shape index (κ2) is 7.42. The third-order valence-electron chi connectivity index (χ3n) is 5.61. The third-order valence-corrected chi connectivity index (χ3v) is 5.61. The molecule has 2 aromatic carbocycles. The predicted molar refractivity (Wildman–Crippen MR) is 114 cm³/mol. The summed E-state index contributed by atoms with van der Waals surface area (Å²) in [6, 6.07) is 14.6. The van der Waals surface area contributed by atoms with Crippen LogP contribution in [0.2, 0.25) is 0 Å². The molecule has 1 aliphatic rings. The molecule has 0 fully saturated rings. The average molecular weight is 418 g/mol. The minimum atomic E-state index is -0.259. The largest absolute Gasteiger partial charge is 0.365 e. The summed E-state index contributed by atoms with van der Waals surface area (Å²) in [5.41, 5.74) is 4.67. The Morgan fingerprint density at radius 1 is 1.03 bits per heavy atom. The molecule has 0 amide bonds. The lowest BCUT2D eigenvalue weighted by atomic mass is 9.87. The quantitative estimate of drug-likeness (QED) is 0.451. The van der Waals surface area contributed by atoms with Gasteiger partial charge in [0, 0.05) is 5.56 Å². The first-order valence-electron chi connectivity index (χ1n) is 10.2. The number of fused-ring (bicyclic) bond motifs is 1. The Morgan fingerprint density at radius 2 is 1.77 bits per heavy atom. The van der Waals surface area contributed by atoms with Gasteiger partial charge < -0.3 is 13.8 Å². The molecule has 0 saturated carbocycles. The summed E-state index contributed by atoms with van der Waals surface area (Å²) in [6.45, 7) is 7.48. The summed E-state index contributed by atoms with van der Waals surface area (Å²) in [5, 5.41) is 4.14. The van der Waals surface area contributed by atoms with Crippen molar-refractivity contribution in [3.8, 4) is 23.0 Å². The molecule has 1 atom stereocenters. The van der Waals surface area contributed by atoms with Gasteiger partial charge in [-0.05, 0) is 28.7 Å². The van der Waals surface area contributed by atoms with E-state index >= 15 is 0 Å². The maximum atomic E-state index is 13.2. The van der Waals surface area contributed by atoms with Crippen molar-refractivity contribution in [2.75, 3.05) is 0 Å². The van der Waals surface area contributed by atoms with Crippen LogP contribution in [-0.4, -0.2) is 19.7 Å². The van der Waals surface area contributed by atoms with Gasteiger partial charge in [-0.3, -0.25) is 0 Å². The maximum absolute atomic E-state index is 13.2. The molecule has 4 aromatic rings. The van der Waals surface area contributed by atoms with E-state index in [1.54, 1.807) is 18.5 Å². The van der Waals surface area contributed by atoms with Crippen molar-refractivity contribution in [3.63, 3.8) is 0 Å². The topological polar surface area (TPSA) is 66.0 Å². The second-order valence-electron chi connectivity index (χ2n) is 8.79. The van der Waals surface area contributed by atoms with Gasteiger partial charge in [-0.15, -0.1) is 0 Å². The van der Waals surface area contributed by atoms with Crippen LogP contribution in [0.3, 0.4) is 0 Å². The van der Waals surface area contributed by atoms with E-state index in [-0.39, 0.29) is 17.3 Å². The minimum absolute atomic E-state index is 0.0855. The molecule has 2 aromatic heterocycles. The first-order valence-corrected chi connectivity index (χ1v) is 10.2. The van der Waals surface area contributed by atoms with Crippen molar-refractivity contribution in [2.24, 2.45) is 0 Å². The molecular formula is C24H23FN4O2. The van der Waals surface area contributed by atoms with Gasteiger partial charge in [-0.1, -0.05) is 62.3 Å². The van der Waals surface area contributed by atoms with E-state index in [1.165, 1.54) is 17.7 Å². The molecule has 0 radical (unpaired) electrons. The van der Waals surface area contributed by atoms with Crippen molar-refractivity contribution in [2.45, 2.75) is 45.4 Å². The standard InChI is InChI=1S/C24H23FN4O2/c1-24(2,3)17-8-4-16(5-9-17)22-27-23(31-28-22)21-19-13-30-20(12-29(19)14-26-21)15-6-10-18(25)11-7-15/h4-11,14,20H,12-13H2,1-3H3/t20-/m1/s1. The molecule has 0 bridgehead atoms. The molecule has 0 spiro atoms. The van der Waals surface area contributed by atoms with Gasteiger partial charge in [0.25, 0.3) is 5.89 Å². The lowest BCUT2D eigenvalue weighted by Gasteiger charge is -2.25. The summed E-state index contributed by atoms with van der Waals surface area (Å²) < 4.78 is 26.8. The Bertz CT molecular complexity index is 1200. The molecule has 5 rings (SSSR count). The summed E-state index contributed by atoms with van der Waals surface area (Å²) in [4.78, 5) is 9.05. The number of imidazole rings is 1. The van der Waals surface area contributed by atoms with E-state index < -0.39 is 0 Å². The highest BCUT2D eigenvalue weighted by atomic mass is 19.1. The second-order valence-corrected chi connectivity index (χ2v) is 8.79. The molecule has 0 N–H and O–H groups in total. The summed E-state index contributed by atoms with van der Waals surface area (Å²) in [6.07, 6.45) is 1.60. The first-order chi connectivity index (χ1) is 14.9. The SMILES string of the molecule is CC(C)(C)c1ccc(-c2noc(-c3ncn4c3CO[C@@H](c3ccc(F)cc3)C4)n2)cc1. The number of rotatable bonds is 3. The van der Waals surface area contributed by atoms with Crippen molar-refractivity contribution < 1.29 is 13.7 Å². The molecule has 1 aliphatic heterocycles. The summed E-state index contributed by atoms with van der Waals surface area (Å²) in [7, 11) is 0. The van der Waals surface area contributed by atoms with Crippen molar-refractivity contribution in [3.05, 3.63) is 77.5 Å². The van der Waals surface area contributed by atoms with E-state index in [9.17, 15) is 4.39 Å². The van der Waals surface area contributed by atoms with Gasteiger partial charge in [-0.2, -0.15) is 4.98 Å². The molecule has 7 heteroatoms. The van der Waals surface area contributed by atoms with Crippen LogP contribution in [-0.2, 0) is 23.3 Å². The fourth-order valence-corrected chi connectivity index (χ4v) is 3.74. The number of aromatic nitrogens is 4. The van der Waals surface area contributed by atoms with Crippen LogP contribution >= 0.6 is 0 Å². The Kier molecular flexibility index (Phi) is 4.70. The zero-order chi connectivity index (χ0) is 21.6. The van der Waals surface area contributed by atoms with E-state index in [2.05, 4.69) is 48.0 Å². The smallest absolute Gasteiger partial charge is 0.278 e. The highest BCUT2D eigenvalue weighted by molar-refractivity contribution is 5.59. The fourth-order valence-electron chi connectivity index (χ4n) is 3.74. The Morgan fingerprint density at radius 3 is 2.48 bits per heavy atom. The van der Waals surface area contributed by atoms with Crippen LogP contribution in [0, 0.1) is 5.82 Å². The van der Waals surface area contributed by atoms with Gasteiger partial charge in [-0.25, -0.2) is 9.37 Å². The van der Waals surface area contributed by atoms with E-state index in [0.717, 1.165) is 16.8 Å². The molecule has 0 aliphatic carbocycles. The first kappa shape index (κ1) is 19.6. The number of benzene rings is 2. The van der Waals surface area contributed by atoms with Gasteiger partial charge >= 0.3 is 0 Å². The van der Waals surface area contributed by atoms with E-state index in [0.29, 0.717) is 30.6 Å². The number of hydrogen-bond acceptors (Lipinski definition) is 5. The molecule has 6 nitrogen and oxygen atoms in total. The van der Waals surface area contributed by atoms with Gasteiger partial charge in [0.15, 0.2) is 5.69 Å². The predicted octanol–water partition coefficient (Wildman–Crippen LogP) is 5.31. The van der Waals surface area contributed by atoms with Gasteiger partial charge in [0.1, 0.15) is 11.9 Å². The minimum Gasteiger partial charge on any atom is -0.365 e. The van der Waals surface area contributed by atoms with E-state index in [1.807, 2.05) is 16.7 Å². The molecule has 3 heterocycles. The zero-order valence-corrected chi connectivity index (χ0v) is 17.7. The summed E-state index contributed by atoms with van der Waals surface area (Å²) >= 11 is 0. The summed E-state index contributed by atoms with van der Waals surface area (Å²) in [5.74, 6) is 0.635. The Labute approximate surface area is 179 Å². The highest BCUT2D eigenvalue weighted by Crippen LogP contribution is 2.32. The molecular weight excluding hydrogens is 395 g/mol. The molecule has 0 saturated heterocycles. The van der Waals surface area contributed by atoms with E-state index in [4.69, 9.17) is 9.26 Å². The number of nitrogens with zero attached hydrogens (tertiary/aromatic N) is 4. The number of halogens is 1. The van der Waals surface area contributed by atoms with Crippen molar-refractivity contribution in [1.29, 1.82) is 0 Å². The Balaban J connectivity index is 1.37. The van der Waals surface area contributed by atoms with Crippen molar-refractivity contribution in [1.82, 2.24) is 19.7 Å². The van der Waals surface area contributed by atoms with Crippen LogP contribution in [0.1, 0.15) is 43.7 Å². The molecule has 31 heavy (non-hydrogen) atoms.